The van der Waals surface area contributed by atoms with Crippen LogP contribution in [0.3, 0.4) is 0 Å². The van der Waals surface area contributed by atoms with Crippen LogP contribution in [0.1, 0.15) is 27.4 Å². The number of rotatable bonds is 4. The predicted molar refractivity (Wildman–Crippen MR) is 94.9 cm³/mol. The molecule has 1 aromatic carbocycles. The van der Waals surface area contributed by atoms with Crippen molar-refractivity contribution in [3.63, 3.8) is 0 Å². The summed E-state index contributed by atoms with van der Waals surface area (Å²) in [6.07, 6.45) is 0. The summed E-state index contributed by atoms with van der Waals surface area (Å²) in [5, 5.41) is 4.97. The molecule has 25 heavy (non-hydrogen) atoms. The number of thiazole rings is 1. The first-order chi connectivity index (χ1) is 11.9. The number of aryl methyl sites for hydroxylation is 2. The Kier molecular flexibility index (Phi) is 4.59. The Bertz CT molecular complexity index is 946. The van der Waals surface area contributed by atoms with Crippen molar-refractivity contribution < 1.29 is 18.3 Å². The highest BCUT2D eigenvalue weighted by Crippen LogP contribution is 2.29. The number of ether oxygens (including phenoxy) is 1. The van der Waals surface area contributed by atoms with E-state index in [1.165, 1.54) is 24.5 Å². The van der Waals surface area contributed by atoms with E-state index in [-0.39, 0.29) is 11.7 Å². The molecule has 0 unspecified atom stereocenters. The van der Waals surface area contributed by atoms with E-state index in [0.29, 0.717) is 27.7 Å². The Morgan fingerprint density at radius 1 is 1.28 bits per heavy atom. The quantitative estimate of drug-likeness (QED) is 0.731. The molecule has 0 bridgehead atoms. The zero-order chi connectivity index (χ0) is 18.1. The number of methoxy groups -OCH3 is 1. The number of halogens is 1. The van der Waals surface area contributed by atoms with Crippen LogP contribution in [0.15, 0.2) is 28.0 Å². The Labute approximate surface area is 148 Å². The lowest BCUT2D eigenvalue weighted by Gasteiger charge is -2.03. The molecule has 5 nitrogen and oxygen atoms in total. The van der Waals surface area contributed by atoms with Crippen LogP contribution in [0.2, 0.25) is 0 Å². The van der Waals surface area contributed by atoms with Crippen LogP contribution in [0.5, 0.6) is 5.75 Å². The van der Waals surface area contributed by atoms with E-state index in [1.54, 1.807) is 24.4 Å². The Balaban J connectivity index is 1.82. The Morgan fingerprint density at radius 2 is 2.04 bits per heavy atom. The van der Waals surface area contributed by atoms with Gasteiger partial charge in [0, 0.05) is 16.5 Å². The minimum Gasteiger partial charge on any atom is -0.494 e. The number of hydrogen-bond acceptors (Lipinski definition) is 5. The molecule has 2 aromatic heterocycles. The largest absolute Gasteiger partial charge is 0.494 e. The Morgan fingerprint density at radius 3 is 2.64 bits per heavy atom. The number of anilines is 1. The highest BCUT2D eigenvalue weighted by Gasteiger charge is 2.19. The molecule has 0 spiro atoms. The van der Waals surface area contributed by atoms with E-state index in [0.717, 1.165) is 11.3 Å². The normalized spacial score (nSPS) is 10.8. The molecule has 0 saturated carbocycles. The van der Waals surface area contributed by atoms with Crippen molar-refractivity contribution in [2.45, 2.75) is 20.8 Å². The third-order valence-corrected chi connectivity index (χ3v) is 4.72. The van der Waals surface area contributed by atoms with Crippen LogP contribution in [-0.2, 0) is 0 Å². The number of hydrogen-bond donors (Lipinski definition) is 1. The highest BCUT2D eigenvalue weighted by atomic mass is 32.1. The van der Waals surface area contributed by atoms with Crippen molar-refractivity contribution in [2.24, 2.45) is 0 Å². The summed E-state index contributed by atoms with van der Waals surface area (Å²) in [6.45, 7) is 5.41. The van der Waals surface area contributed by atoms with Crippen molar-refractivity contribution in [1.82, 2.24) is 4.98 Å². The molecule has 0 atom stereocenters. The summed E-state index contributed by atoms with van der Waals surface area (Å²) in [5.41, 5.74) is 2.52. The average Bonchev–Trinajstić information content (AvgIpc) is 3.12. The summed E-state index contributed by atoms with van der Waals surface area (Å²) in [5.74, 6) is 0.735. The topological polar surface area (TPSA) is 64.4 Å². The zero-order valence-corrected chi connectivity index (χ0v) is 15.1. The summed E-state index contributed by atoms with van der Waals surface area (Å²) in [6, 6.07) is 4.62. The summed E-state index contributed by atoms with van der Waals surface area (Å²) >= 11 is 1.27. The molecule has 1 amide bonds. The molecule has 0 fully saturated rings. The van der Waals surface area contributed by atoms with E-state index in [9.17, 15) is 9.18 Å². The molecule has 2 heterocycles. The monoisotopic (exact) mass is 360 g/mol. The standard InChI is InChI=1S/C18H17FN2O3S/c1-9-10(2)24-11(3)16(9)17(22)21-18-20-14(8-25-18)12-5-6-15(23-4)13(19)7-12/h5-8H,1-4H3,(H,20,21,22). The maximum atomic E-state index is 13.8. The second kappa shape index (κ2) is 6.68. The van der Waals surface area contributed by atoms with Gasteiger partial charge in [-0.15, -0.1) is 11.3 Å². The number of carbonyl (C=O) groups excluding carboxylic acids is 1. The lowest BCUT2D eigenvalue weighted by atomic mass is 10.1. The first-order valence-electron chi connectivity index (χ1n) is 7.58. The van der Waals surface area contributed by atoms with E-state index in [1.807, 2.05) is 13.8 Å². The van der Waals surface area contributed by atoms with Gasteiger partial charge in [-0.3, -0.25) is 10.1 Å². The van der Waals surface area contributed by atoms with Crippen molar-refractivity contribution in [2.75, 3.05) is 12.4 Å². The molecule has 1 N–H and O–H groups in total. The number of carbonyl (C=O) groups is 1. The minimum absolute atomic E-state index is 0.175. The minimum atomic E-state index is -0.460. The van der Waals surface area contributed by atoms with Crippen LogP contribution < -0.4 is 10.1 Å². The summed E-state index contributed by atoms with van der Waals surface area (Å²) in [4.78, 5) is 16.8. The molecular formula is C18H17FN2O3S. The van der Waals surface area contributed by atoms with Gasteiger partial charge in [0.1, 0.15) is 11.5 Å². The fourth-order valence-corrected chi connectivity index (χ4v) is 3.29. The van der Waals surface area contributed by atoms with Gasteiger partial charge in [-0.05, 0) is 39.0 Å². The number of benzene rings is 1. The van der Waals surface area contributed by atoms with E-state index < -0.39 is 5.82 Å². The smallest absolute Gasteiger partial charge is 0.261 e. The second-order valence-corrected chi connectivity index (χ2v) is 6.41. The molecule has 0 aliphatic heterocycles. The van der Waals surface area contributed by atoms with Crippen molar-refractivity contribution in [3.8, 4) is 17.0 Å². The van der Waals surface area contributed by atoms with Crippen molar-refractivity contribution in [3.05, 3.63) is 52.0 Å². The lowest BCUT2D eigenvalue weighted by Crippen LogP contribution is -2.13. The van der Waals surface area contributed by atoms with E-state index in [2.05, 4.69) is 10.3 Å². The molecule has 3 aromatic rings. The Hall–Kier alpha value is -2.67. The first-order valence-corrected chi connectivity index (χ1v) is 8.46. The van der Waals surface area contributed by atoms with Gasteiger partial charge < -0.3 is 9.15 Å². The van der Waals surface area contributed by atoms with Crippen molar-refractivity contribution >= 4 is 22.4 Å². The van der Waals surface area contributed by atoms with Gasteiger partial charge in [-0.2, -0.15) is 0 Å². The second-order valence-electron chi connectivity index (χ2n) is 5.56. The van der Waals surface area contributed by atoms with Gasteiger partial charge in [0.15, 0.2) is 16.7 Å². The molecule has 0 radical (unpaired) electrons. The lowest BCUT2D eigenvalue weighted by molar-refractivity contribution is 0.102. The maximum Gasteiger partial charge on any atom is 0.261 e. The number of furan rings is 1. The first kappa shape index (κ1) is 17.2. The van der Waals surface area contributed by atoms with Crippen LogP contribution in [0, 0.1) is 26.6 Å². The van der Waals surface area contributed by atoms with Gasteiger partial charge in [0.2, 0.25) is 0 Å². The van der Waals surface area contributed by atoms with Crippen LogP contribution in [0.4, 0.5) is 9.52 Å². The fourth-order valence-electron chi connectivity index (χ4n) is 2.58. The van der Waals surface area contributed by atoms with Gasteiger partial charge in [-0.1, -0.05) is 0 Å². The third kappa shape index (κ3) is 3.28. The number of aromatic nitrogens is 1. The number of nitrogens with one attached hydrogen (secondary N) is 1. The summed E-state index contributed by atoms with van der Waals surface area (Å²) < 4.78 is 24.2. The molecule has 130 valence electrons. The highest BCUT2D eigenvalue weighted by molar-refractivity contribution is 7.14. The predicted octanol–water partition coefficient (Wildman–Crippen LogP) is 4.73. The SMILES string of the molecule is COc1ccc(-c2csc(NC(=O)c3c(C)oc(C)c3C)n2)cc1F. The van der Waals surface area contributed by atoms with Gasteiger partial charge in [-0.25, -0.2) is 9.37 Å². The van der Waals surface area contributed by atoms with E-state index >= 15 is 0 Å². The third-order valence-electron chi connectivity index (χ3n) is 3.96. The van der Waals surface area contributed by atoms with Crippen LogP contribution >= 0.6 is 11.3 Å². The van der Waals surface area contributed by atoms with Gasteiger partial charge in [0.05, 0.1) is 18.4 Å². The maximum absolute atomic E-state index is 13.8. The van der Waals surface area contributed by atoms with Gasteiger partial charge in [0.25, 0.3) is 5.91 Å². The van der Waals surface area contributed by atoms with Crippen LogP contribution in [-0.4, -0.2) is 18.0 Å². The van der Waals surface area contributed by atoms with Crippen molar-refractivity contribution in [1.29, 1.82) is 0 Å². The molecular weight excluding hydrogens is 343 g/mol. The molecule has 3 rings (SSSR count). The summed E-state index contributed by atoms with van der Waals surface area (Å²) in [7, 11) is 1.41. The van der Waals surface area contributed by atoms with Crippen LogP contribution in [0.25, 0.3) is 11.3 Å². The average molecular weight is 360 g/mol. The van der Waals surface area contributed by atoms with Gasteiger partial charge >= 0.3 is 0 Å². The zero-order valence-electron chi connectivity index (χ0n) is 14.3. The fraction of sp³-hybridized carbons (Fsp3) is 0.222. The number of nitrogens with zero attached hydrogens (tertiary/aromatic N) is 1. The molecule has 0 aliphatic carbocycles. The molecule has 0 saturated heterocycles. The van der Waals surface area contributed by atoms with E-state index in [4.69, 9.17) is 9.15 Å². The molecule has 7 heteroatoms. The number of amides is 1. The molecule has 0 aliphatic rings.